The van der Waals surface area contributed by atoms with E-state index in [4.69, 9.17) is 27.9 Å². The second kappa shape index (κ2) is 7.46. The van der Waals surface area contributed by atoms with E-state index in [2.05, 4.69) is 45.0 Å². The minimum Gasteiger partial charge on any atom is -0.446 e. The first-order chi connectivity index (χ1) is 13.6. The highest BCUT2D eigenvalue weighted by Crippen LogP contribution is 2.52. The lowest BCUT2D eigenvalue weighted by atomic mass is 9.64. The molecule has 2 saturated carbocycles. The summed E-state index contributed by atoms with van der Waals surface area (Å²) in [5, 5.41) is 0. The van der Waals surface area contributed by atoms with E-state index in [0.717, 1.165) is 19.3 Å². The number of ketones is 1. The van der Waals surface area contributed by atoms with E-state index in [-0.39, 0.29) is 35.2 Å². The molecule has 158 valence electrons. The molecule has 0 spiro atoms. The fraction of sp³-hybridized carbons (Fsp3) is 0.652. The Hall–Kier alpha value is -1.26. The van der Waals surface area contributed by atoms with Crippen LogP contribution in [0.5, 0.6) is 0 Å². The van der Waals surface area contributed by atoms with Crippen LogP contribution in [0.1, 0.15) is 52.0 Å². The molecule has 0 bridgehead atoms. The summed E-state index contributed by atoms with van der Waals surface area (Å²) in [5.41, 5.74) is 1.14. The maximum absolute atomic E-state index is 13.1. The number of alkyl halides is 2. The number of rotatable bonds is 3. The van der Waals surface area contributed by atoms with Crippen LogP contribution in [0.2, 0.25) is 0 Å². The molecule has 1 amide bonds. The first-order valence-electron chi connectivity index (χ1n) is 10.6. The summed E-state index contributed by atoms with van der Waals surface area (Å²) < 4.78 is 4.61. The molecule has 1 heterocycles. The Kier molecular flexibility index (Phi) is 5.40. The highest BCUT2D eigenvalue weighted by atomic mass is 35.5. The van der Waals surface area contributed by atoms with Crippen molar-refractivity contribution in [1.29, 1.82) is 0 Å². The van der Waals surface area contributed by atoms with Crippen molar-refractivity contribution in [3.63, 3.8) is 0 Å². The Bertz CT molecular complexity index is 795. The Balaban J connectivity index is 1.52. The van der Waals surface area contributed by atoms with Gasteiger partial charge in [-0.1, -0.05) is 80.7 Å². The number of likely N-dealkylation sites (tertiary alicyclic amines) is 1. The lowest BCUT2D eigenvalue weighted by molar-refractivity contribution is -0.133. The number of amides is 1. The Morgan fingerprint density at radius 2 is 1.86 bits per heavy atom. The maximum atomic E-state index is 13.1. The smallest absolute Gasteiger partial charge is 0.410 e. The molecule has 6 heteroatoms. The van der Waals surface area contributed by atoms with Gasteiger partial charge in [0.15, 0.2) is 10.1 Å². The van der Waals surface area contributed by atoms with Gasteiger partial charge in [0.05, 0.1) is 6.04 Å². The second-order valence-corrected chi connectivity index (χ2v) is 10.9. The van der Waals surface area contributed by atoms with Crippen molar-refractivity contribution in [2.45, 2.75) is 68.3 Å². The number of nitrogens with zero attached hydrogens (tertiary/aromatic N) is 1. The van der Waals surface area contributed by atoms with Crippen LogP contribution in [0.15, 0.2) is 30.3 Å². The molecule has 2 aliphatic carbocycles. The standard InChI is InChI=1S/C23H29Cl2NO3/c1-14-9-10-17(22(2,3)15-7-5-4-6-8-15)18(13-14)29-21(28)26-12-11-16-19(26)23(24,25)20(16)27/h4-8,14,16-19H,9-13H2,1-3H3/t14-,16-,17-,18-,19+/m1/s1. The molecule has 3 fully saturated rings. The van der Waals surface area contributed by atoms with Crippen LogP contribution in [0, 0.1) is 17.8 Å². The monoisotopic (exact) mass is 437 g/mol. The molecule has 1 aromatic carbocycles. The van der Waals surface area contributed by atoms with Gasteiger partial charge in [-0.25, -0.2) is 4.79 Å². The Morgan fingerprint density at radius 3 is 2.55 bits per heavy atom. The predicted octanol–water partition coefficient (Wildman–Crippen LogP) is 5.35. The van der Waals surface area contributed by atoms with Crippen LogP contribution in [0.25, 0.3) is 0 Å². The number of hydrogen-bond acceptors (Lipinski definition) is 3. The molecule has 5 atom stereocenters. The number of carbonyl (C=O) groups is 2. The van der Waals surface area contributed by atoms with Crippen molar-refractivity contribution in [3.05, 3.63) is 35.9 Å². The van der Waals surface area contributed by atoms with Crippen molar-refractivity contribution >= 4 is 35.1 Å². The summed E-state index contributed by atoms with van der Waals surface area (Å²) in [4.78, 5) is 26.7. The third kappa shape index (κ3) is 3.46. The van der Waals surface area contributed by atoms with Gasteiger partial charge in [0.2, 0.25) is 0 Å². The molecule has 0 N–H and O–H groups in total. The minimum absolute atomic E-state index is 0.116. The van der Waals surface area contributed by atoms with Crippen LogP contribution in [-0.4, -0.2) is 39.8 Å². The van der Waals surface area contributed by atoms with Gasteiger partial charge < -0.3 is 9.64 Å². The van der Waals surface area contributed by atoms with Crippen molar-refractivity contribution in [2.24, 2.45) is 17.8 Å². The molecular formula is C23H29Cl2NO3. The van der Waals surface area contributed by atoms with Crippen LogP contribution in [-0.2, 0) is 14.9 Å². The zero-order valence-corrected chi connectivity index (χ0v) is 18.7. The van der Waals surface area contributed by atoms with Gasteiger partial charge in [-0.05, 0) is 36.2 Å². The van der Waals surface area contributed by atoms with Gasteiger partial charge in [0.1, 0.15) is 6.10 Å². The minimum atomic E-state index is -1.50. The average molecular weight is 438 g/mol. The van der Waals surface area contributed by atoms with Crippen LogP contribution in [0.4, 0.5) is 4.79 Å². The van der Waals surface area contributed by atoms with Crippen LogP contribution < -0.4 is 0 Å². The molecule has 0 aromatic heterocycles. The van der Waals surface area contributed by atoms with E-state index in [1.165, 1.54) is 5.56 Å². The lowest BCUT2D eigenvalue weighted by Crippen LogP contribution is -2.64. The summed E-state index contributed by atoms with van der Waals surface area (Å²) in [6.45, 7) is 7.16. The summed E-state index contributed by atoms with van der Waals surface area (Å²) in [6.07, 6.45) is 3.05. The van der Waals surface area contributed by atoms with Gasteiger partial charge in [-0.15, -0.1) is 0 Å². The van der Waals surface area contributed by atoms with Crippen molar-refractivity contribution in [3.8, 4) is 0 Å². The molecule has 1 aromatic rings. The zero-order valence-electron chi connectivity index (χ0n) is 17.2. The summed E-state index contributed by atoms with van der Waals surface area (Å²) in [7, 11) is 0. The molecule has 1 saturated heterocycles. The number of carbonyl (C=O) groups excluding carboxylic acids is 2. The van der Waals surface area contributed by atoms with E-state index in [1.807, 2.05) is 6.07 Å². The Labute approximate surface area is 182 Å². The molecule has 4 rings (SSSR count). The normalized spacial score (nSPS) is 33.8. The molecule has 3 aliphatic rings. The SMILES string of the molecule is C[C@@H]1CC[C@@H](C(C)(C)c2ccccc2)[C@H](OC(=O)N2CC[C@H]3C(=O)C(Cl)(Cl)[C@H]32)C1. The number of halogens is 2. The first-order valence-corrected chi connectivity index (χ1v) is 11.3. The quantitative estimate of drug-likeness (QED) is 0.598. The molecule has 29 heavy (non-hydrogen) atoms. The molecular weight excluding hydrogens is 409 g/mol. The highest BCUT2D eigenvalue weighted by molar-refractivity contribution is 6.61. The van der Waals surface area contributed by atoms with E-state index >= 15 is 0 Å². The van der Waals surface area contributed by atoms with E-state index < -0.39 is 10.4 Å². The third-order valence-corrected chi connectivity index (χ3v) is 8.24. The van der Waals surface area contributed by atoms with Gasteiger partial charge in [-0.2, -0.15) is 0 Å². The van der Waals surface area contributed by atoms with Gasteiger partial charge in [0, 0.05) is 18.4 Å². The molecule has 0 unspecified atom stereocenters. The second-order valence-electron chi connectivity index (χ2n) is 9.56. The number of Topliss-reactive ketones (excluding diaryl/α,β-unsaturated/α-hetero) is 1. The van der Waals surface area contributed by atoms with Crippen molar-refractivity contribution in [2.75, 3.05) is 6.54 Å². The Morgan fingerprint density at radius 1 is 1.17 bits per heavy atom. The van der Waals surface area contributed by atoms with Crippen LogP contribution >= 0.6 is 23.2 Å². The zero-order chi connectivity index (χ0) is 21.0. The predicted molar refractivity (Wildman–Crippen MR) is 114 cm³/mol. The summed E-state index contributed by atoms with van der Waals surface area (Å²) >= 11 is 12.4. The fourth-order valence-electron chi connectivity index (χ4n) is 5.58. The lowest BCUT2D eigenvalue weighted by Gasteiger charge is -2.46. The third-order valence-electron chi connectivity index (χ3n) is 7.42. The summed E-state index contributed by atoms with van der Waals surface area (Å²) in [6, 6.07) is 9.97. The molecule has 1 aliphatic heterocycles. The topological polar surface area (TPSA) is 46.6 Å². The van der Waals surface area contributed by atoms with Crippen molar-refractivity contribution in [1.82, 2.24) is 4.90 Å². The molecule has 4 nitrogen and oxygen atoms in total. The summed E-state index contributed by atoms with van der Waals surface area (Å²) in [5.74, 6) is 0.311. The fourth-order valence-corrected chi connectivity index (χ4v) is 6.40. The largest absolute Gasteiger partial charge is 0.446 e. The first kappa shape index (κ1) is 21.0. The van der Waals surface area contributed by atoms with Gasteiger partial charge in [-0.3, -0.25) is 4.79 Å². The average Bonchev–Trinajstić information content (AvgIpc) is 3.12. The number of benzene rings is 1. The number of ether oxygens (including phenoxy) is 1. The maximum Gasteiger partial charge on any atom is 0.410 e. The van der Waals surface area contributed by atoms with Gasteiger partial charge >= 0.3 is 6.09 Å². The van der Waals surface area contributed by atoms with E-state index in [9.17, 15) is 9.59 Å². The van der Waals surface area contributed by atoms with E-state index in [0.29, 0.717) is 18.9 Å². The van der Waals surface area contributed by atoms with Gasteiger partial charge in [0.25, 0.3) is 0 Å². The number of fused-ring (bicyclic) bond motifs is 1. The van der Waals surface area contributed by atoms with Crippen molar-refractivity contribution < 1.29 is 14.3 Å². The van der Waals surface area contributed by atoms with Crippen LogP contribution in [0.3, 0.4) is 0 Å². The highest BCUT2D eigenvalue weighted by Gasteiger charge is 2.66. The molecule has 0 radical (unpaired) electrons. The number of hydrogen-bond donors (Lipinski definition) is 0. The van der Waals surface area contributed by atoms with E-state index in [1.54, 1.807) is 4.90 Å².